The number of nitrogens with two attached hydrogens (primary N) is 1. The molecule has 1 atom stereocenters. The highest BCUT2D eigenvalue weighted by Gasteiger charge is 2.07. The molecule has 4 heteroatoms. The molecule has 0 bridgehead atoms. The molecule has 1 aromatic heterocycles. The first kappa shape index (κ1) is 9.37. The summed E-state index contributed by atoms with van der Waals surface area (Å²) in [6.07, 6.45) is 1.51. The summed E-state index contributed by atoms with van der Waals surface area (Å²) in [6.45, 7) is 1.90. The minimum absolute atomic E-state index is 0.0957. The van der Waals surface area contributed by atoms with Crippen LogP contribution in [0.25, 0.3) is 10.9 Å². The molecule has 1 aromatic carbocycles. The summed E-state index contributed by atoms with van der Waals surface area (Å²) >= 11 is 5.86. The van der Waals surface area contributed by atoms with Crippen molar-refractivity contribution in [2.24, 2.45) is 5.73 Å². The monoisotopic (exact) mass is 207 g/mol. The highest BCUT2D eigenvalue weighted by atomic mass is 35.5. The lowest BCUT2D eigenvalue weighted by molar-refractivity contribution is 0.787. The largest absolute Gasteiger partial charge is 0.323 e. The molecule has 14 heavy (non-hydrogen) atoms. The normalized spacial score (nSPS) is 13.1. The summed E-state index contributed by atoms with van der Waals surface area (Å²) in [5, 5.41) is 1.64. The van der Waals surface area contributed by atoms with Crippen molar-refractivity contribution in [2.75, 3.05) is 0 Å². The van der Waals surface area contributed by atoms with Gasteiger partial charge in [-0.05, 0) is 25.1 Å². The van der Waals surface area contributed by atoms with E-state index >= 15 is 0 Å². The van der Waals surface area contributed by atoms with Crippen LogP contribution in [-0.4, -0.2) is 9.97 Å². The van der Waals surface area contributed by atoms with Crippen molar-refractivity contribution in [3.63, 3.8) is 0 Å². The third kappa shape index (κ3) is 1.56. The third-order valence-corrected chi connectivity index (χ3v) is 2.30. The first-order valence-electron chi connectivity index (χ1n) is 4.34. The highest BCUT2D eigenvalue weighted by Crippen LogP contribution is 2.21. The van der Waals surface area contributed by atoms with E-state index in [9.17, 15) is 0 Å². The smallest absolute Gasteiger partial charge is 0.116 e. The first-order chi connectivity index (χ1) is 6.68. The third-order valence-electron chi connectivity index (χ3n) is 2.06. The predicted molar refractivity (Wildman–Crippen MR) is 57.2 cm³/mol. The first-order valence-corrected chi connectivity index (χ1v) is 4.72. The standard InChI is InChI=1S/C10H10ClN3/c1-6(12)10-8-3-2-7(11)4-9(8)13-5-14-10/h2-6H,12H2,1H3. The Morgan fingerprint density at radius 1 is 1.36 bits per heavy atom. The zero-order valence-corrected chi connectivity index (χ0v) is 8.49. The lowest BCUT2D eigenvalue weighted by atomic mass is 10.1. The Hall–Kier alpha value is -1.19. The van der Waals surface area contributed by atoms with E-state index in [0.29, 0.717) is 5.02 Å². The van der Waals surface area contributed by atoms with Crippen LogP contribution in [0.3, 0.4) is 0 Å². The lowest BCUT2D eigenvalue weighted by Crippen LogP contribution is -2.08. The molecule has 2 rings (SSSR count). The van der Waals surface area contributed by atoms with Crippen LogP contribution >= 0.6 is 11.6 Å². The van der Waals surface area contributed by atoms with Gasteiger partial charge in [0.15, 0.2) is 0 Å². The second-order valence-electron chi connectivity index (χ2n) is 3.21. The van der Waals surface area contributed by atoms with Crippen molar-refractivity contribution in [3.05, 3.63) is 35.2 Å². The van der Waals surface area contributed by atoms with Gasteiger partial charge in [-0.1, -0.05) is 11.6 Å². The Bertz CT molecular complexity index is 468. The molecular formula is C10H10ClN3. The fourth-order valence-corrected chi connectivity index (χ4v) is 1.58. The van der Waals surface area contributed by atoms with Crippen LogP contribution in [0.5, 0.6) is 0 Å². The van der Waals surface area contributed by atoms with Crippen molar-refractivity contribution < 1.29 is 0 Å². The van der Waals surface area contributed by atoms with E-state index in [1.165, 1.54) is 6.33 Å². The zero-order valence-electron chi connectivity index (χ0n) is 7.74. The highest BCUT2D eigenvalue weighted by molar-refractivity contribution is 6.31. The van der Waals surface area contributed by atoms with Crippen LogP contribution < -0.4 is 5.73 Å². The summed E-state index contributed by atoms with van der Waals surface area (Å²) in [4.78, 5) is 8.29. The Morgan fingerprint density at radius 3 is 2.86 bits per heavy atom. The van der Waals surface area contributed by atoms with Crippen molar-refractivity contribution in [1.29, 1.82) is 0 Å². The second-order valence-corrected chi connectivity index (χ2v) is 3.65. The number of halogens is 1. The molecule has 1 unspecified atom stereocenters. The van der Waals surface area contributed by atoms with Gasteiger partial charge in [0.25, 0.3) is 0 Å². The van der Waals surface area contributed by atoms with Crippen LogP contribution in [0, 0.1) is 0 Å². The maximum atomic E-state index is 5.86. The van der Waals surface area contributed by atoms with Crippen molar-refractivity contribution in [1.82, 2.24) is 9.97 Å². The number of nitrogens with zero attached hydrogens (tertiary/aromatic N) is 2. The average Bonchev–Trinajstić information content (AvgIpc) is 2.16. The molecular weight excluding hydrogens is 198 g/mol. The average molecular weight is 208 g/mol. The van der Waals surface area contributed by atoms with Crippen molar-refractivity contribution in [2.45, 2.75) is 13.0 Å². The van der Waals surface area contributed by atoms with Gasteiger partial charge in [0.1, 0.15) is 6.33 Å². The van der Waals surface area contributed by atoms with E-state index < -0.39 is 0 Å². The summed E-state index contributed by atoms with van der Waals surface area (Å²) in [6, 6.07) is 5.43. The second kappa shape index (κ2) is 3.52. The van der Waals surface area contributed by atoms with Gasteiger partial charge in [-0.3, -0.25) is 0 Å². The van der Waals surface area contributed by atoms with Gasteiger partial charge in [0.2, 0.25) is 0 Å². The van der Waals surface area contributed by atoms with Gasteiger partial charge in [-0.25, -0.2) is 9.97 Å². The summed E-state index contributed by atoms with van der Waals surface area (Å²) < 4.78 is 0. The molecule has 0 aliphatic carbocycles. The number of hydrogen-bond donors (Lipinski definition) is 1. The van der Waals surface area contributed by atoms with Crippen LogP contribution in [0.1, 0.15) is 18.7 Å². The molecule has 0 fully saturated rings. The Morgan fingerprint density at radius 2 is 2.14 bits per heavy atom. The van der Waals surface area contributed by atoms with Gasteiger partial charge >= 0.3 is 0 Å². The summed E-state index contributed by atoms with van der Waals surface area (Å²) in [5.74, 6) is 0. The predicted octanol–water partition coefficient (Wildman–Crippen LogP) is 2.30. The molecule has 0 aliphatic rings. The minimum Gasteiger partial charge on any atom is -0.323 e. The minimum atomic E-state index is -0.0957. The zero-order chi connectivity index (χ0) is 10.1. The van der Waals surface area contributed by atoms with Crippen LogP contribution in [0.15, 0.2) is 24.5 Å². The summed E-state index contributed by atoms with van der Waals surface area (Å²) in [7, 11) is 0. The number of benzene rings is 1. The molecule has 0 saturated heterocycles. The molecule has 72 valence electrons. The Labute approximate surface area is 86.9 Å². The van der Waals surface area contributed by atoms with E-state index in [-0.39, 0.29) is 6.04 Å². The number of hydrogen-bond acceptors (Lipinski definition) is 3. The number of aromatic nitrogens is 2. The summed E-state index contributed by atoms with van der Waals surface area (Å²) in [5.41, 5.74) is 7.48. The van der Waals surface area contributed by atoms with E-state index in [1.54, 1.807) is 0 Å². The molecule has 0 saturated carbocycles. The topological polar surface area (TPSA) is 51.8 Å². The molecule has 2 aromatic rings. The SMILES string of the molecule is CC(N)c1ncnc2cc(Cl)ccc12. The van der Waals surface area contributed by atoms with E-state index in [2.05, 4.69) is 9.97 Å². The fourth-order valence-electron chi connectivity index (χ4n) is 1.41. The molecule has 0 amide bonds. The van der Waals surface area contributed by atoms with Gasteiger partial charge < -0.3 is 5.73 Å². The van der Waals surface area contributed by atoms with E-state index in [4.69, 9.17) is 17.3 Å². The van der Waals surface area contributed by atoms with Gasteiger partial charge in [-0.15, -0.1) is 0 Å². The number of rotatable bonds is 1. The quantitative estimate of drug-likeness (QED) is 0.781. The molecule has 0 aliphatic heterocycles. The lowest BCUT2D eigenvalue weighted by Gasteiger charge is -2.07. The maximum Gasteiger partial charge on any atom is 0.116 e. The van der Waals surface area contributed by atoms with Gasteiger partial charge in [0.05, 0.1) is 11.2 Å². The molecule has 0 radical (unpaired) electrons. The maximum absolute atomic E-state index is 5.86. The molecule has 2 N–H and O–H groups in total. The number of fused-ring (bicyclic) bond motifs is 1. The Kier molecular flexibility index (Phi) is 2.35. The Balaban J connectivity index is 2.75. The van der Waals surface area contributed by atoms with Crippen molar-refractivity contribution in [3.8, 4) is 0 Å². The van der Waals surface area contributed by atoms with E-state index in [0.717, 1.165) is 16.6 Å². The molecule has 0 spiro atoms. The van der Waals surface area contributed by atoms with Gasteiger partial charge in [0, 0.05) is 16.5 Å². The van der Waals surface area contributed by atoms with E-state index in [1.807, 2.05) is 25.1 Å². The van der Waals surface area contributed by atoms with Crippen LogP contribution in [0.2, 0.25) is 5.02 Å². The fraction of sp³-hybridized carbons (Fsp3) is 0.200. The van der Waals surface area contributed by atoms with Crippen LogP contribution in [-0.2, 0) is 0 Å². The van der Waals surface area contributed by atoms with Gasteiger partial charge in [-0.2, -0.15) is 0 Å². The van der Waals surface area contributed by atoms with Crippen molar-refractivity contribution >= 4 is 22.5 Å². The van der Waals surface area contributed by atoms with Crippen LogP contribution in [0.4, 0.5) is 0 Å². The molecule has 1 heterocycles. The molecule has 3 nitrogen and oxygen atoms in total.